The van der Waals surface area contributed by atoms with Crippen LogP contribution in [-0.2, 0) is 0 Å². The van der Waals surface area contributed by atoms with Crippen LogP contribution in [0.4, 0.5) is 0 Å². The van der Waals surface area contributed by atoms with E-state index >= 15 is 0 Å². The van der Waals surface area contributed by atoms with Gasteiger partial charge in [-0.25, -0.2) is 4.98 Å². The van der Waals surface area contributed by atoms with Gasteiger partial charge in [0, 0.05) is 23.4 Å². The van der Waals surface area contributed by atoms with Crippen LogP contribution in [-0.4, -0.2) is 35.0 Å². The lowest BCUT2D eigenvalue weighted by molar-refractivity contribution is 0.0767. The molecule has 6 heteroatoms. The molecule has 104 valence electrons. The second-order valence-electron chi connectivity index (χ2n) is 4.61. The van der Waals surface area contributed by atoms with E-state index in [1.165, 1.54) is 11.3 Å². The summed E-state index contributed by atoms with van der Waals surface area (Å²) in [6.45, 7) is 1.28. The third kappa shape index (κ3) is 2.94. The van der Waals surface area contributed by atoms with Gasteiger partial charge in [-0.1, -0.05) is 17.7 Å². The van der Waals surface area contributed by atoms with Gasteiger partial charge in [0.05, 0.1) is 12.1 Å². The third-order valence-corrected chi connectivity index (χ3v) is 4.00. The van der Waals surface area contributed by atoms with E-state index in [4.69, 9.17) is 16.3 Å². The van der Waals surface area contributed by atoms with Gasteiger partial charge >= 0.3 is 0 Å². The van der Waals surface area contributed by atoms with E-state index in [-0.39, 0.29) is 12.0 Å². The van der Waals surface area contributed by atoms with Crippen molar-refractivity contribution >= 4 is 28.8 Å². The third-order valence-electron chi connectivity index (χ3n) is 3.18. The van der Waals surface area contributed by atoms with Crippen molar-refractivity contribution in [3.8, 4) is 5.75 Å². The van der Waals surface area contributed by atoms with Crippen molar-refractivity contribution < 1.29 is 9.53 Å². The number of benzene rings is 1. The first-order valence-corrected chi connectivity index (χ1v) is 7.64. The lowest BCUT2D eigenvalue weighted by atomic mass is 10.3. The van der Waals surface area contributed by atoms with Gasteiger partial charge in [0.15, 0.2) is 0 Å². The van der Waals surface area contributed by atoms with E-state index in [0.29, 0.717) is 23.8 Å². The van der Waals surface area contributed by atoms with E-state index in [9.17, 15) is 4.79 Å². The summed E-state index contributed by atoms with van der Waals surface area (Å²) in [5.74, 6) is 0.717. The molecular weight excluding hydrogens is 296 g/mol. The van der Waals surface area contributed by atoms with Gasteiger partial charge < -0.3 is 9.64 Å². The molecule has 0 saturated carbocycles. The highest BCUT2D eigenvalue weighted by Gasteiger charge is 2.29. The highest BCUT2D eigenvalue weighted by Crippen LogP contribution is 2.22. The Bertz CT molecular complexity index is 603. The smallest absolute Gasteiger partial charge is 0.273 e. The summed E-state index contributed by atoms with van der Waals surface area (Å²) in [4.78, 5) is 18.0. The standard InChI is InChI=1S/C14H13ClN2O2S/c15-10-2-1-3-11(6-10)19-12-4-5-17(7-12)14(18)13-8-20-9-16-13/h1-3,6,8-9,12H,4-5,7H2/t12-/m1/s1. The SMILES string of the molecule is O=C(c1cscn1)N1CC[C@@H](Oc2cccc(Cl)c2)C1. The lowest BCUT2D eigenvalue weighted by Crippen LogP contribution is -2.31. The monoisotopic (exact) mass is 308 g/mol. The van der Waals surface area contributed by atoms with Gasteiger partial charge in [0.25, 0.3) is 5.91 Å². The number of ether oxygens (including phenoxy) is 1. The van der Waals surface area contributed by atoms with Crippen LogP contribution in [0.15, 0.2) is 35.2 Å². The Morgan fingerprint density at radius 1 is 1.50 bits per heavy atom. The molecule has 1 aliphatic rings. The summed E-state index contributed by atoms with van der Waals surface area (Å²) in [6.07, 6.45) is 0.832. The molecule has 0 unspecified atom stereocenters. The van der Waals surface area contributed by atoms with Crippen molar-refractivity contribution in [2.75, 3.05) is 13.1 Å². The predicted octanol–water partition coefficient (Wildman–Crippen LogP) is 3.09. The van der Waals surface area contributed by atoms with E-state index < -0.39 is 0 Å². The lowest BCUT2D eigenvalue weighted by Gasteiger charge is -2.16. The second-order valence-corrected chi connectivity index (χ2v) is 5.77. The van der Waals surface area contributed by atoms with Crippen LogP contribution in [0.1, 0.15) is 16.9 Å². The average Bonchev–Trinajstić information content (AvgIpc) is 3.09. The molecule has 0 radical (unpaired) electrons. The molecule has 1 aliphatic heterocycles. The number of carbonyl (C=O) groups excluding carboxylic acids is 1. The molecule has 4 nitrogen and oxygen atoms in total. The van der Waals surface area contributed by atoms with Crippen LogP contribution >= 0.6 is 22.9 Å². The number of nitrogens with zero attached hydrogens (tertiary/aromatic N) is 2. The van der Waals surface area contributed by atoms with Crippen molar-refractivity contribution in [1.29, 1.82) is 0 Å². The number of amides is 1. The van der Waals surface area contributed by atoms with Gasteiger partial charge in [0.1, 0.15) is 17.5 Å². The van der Waals surface area contributed by atoms with Crippen molar-refractivity contribution in [2.45, 2.75) is 12.5 Å². The van der Waals surface area contributed by atoms with Crippen molar-refractivity contribution in [3.63, 3.8) is 0 Å². The number of aromatic nitrogens is 1. The fourth-order valence-corrected chi connectivity index (χ4v) is 2.93. The number of rotatable bonds is 3. The summed E-state index contributed by atoms with van der Waals surface area (Å²) in [5.41, 5.74) is 2.18. The molecule has 1 atom stereocenters. The first-order valence-electron chi connectivity index (χ1n) is 6.32. The highest BCUT2D eigenvalue weighted by atomic mass is 35.5. The van der Waals surface area contributed by atoms with Crippen LogP contribution in [0.5, 0.6) is 5.75 Å². The van der Waals surface area contributed by atoms with Crippen LogP contribution in [0.2, 0.25) is 5.02 Å². The molecule has 1 aromatic heterocycles. The molecule has 0 spiro atoms. The minimum absolute atomic E-state index is 0.0102. The topological polar surface area (TPSA) is 42.4 Å². The Balaban J connectivity index is 1.61. The van der Waals surface area contributed by atoms with Crippen LogP contribution in [0.3, 0.4) is 0 Å². The van der Waals surface area contributed by atoms with Gasteiger partial charge in [-0.05, 0) is 18.2 Å². The number of likely N-dealkylation sites (tertiary alicyclic amines) is 1. The number of halogens is 1. The van der Waals surface area contributed by atoms with Gasteiger partial charge in [-0.3, -0.25) is 4.79 Å². The zero-order valence-electron chi connectivity index (χ0n) is 10.7. The Morgan fingerprint density at radius 3 is 3.15 bits per heavy atom. The molecule has 20 heavy (non-hydrogen) atoms. The first kappa shape index (κ1) is 13.4. The molecule has 2 aromatic rings. The van der Waals surface area contributed by atoms with E-state index in [1.54, 1.807) is 27.9 Å². The molecule has 3 rings (SSSR count). The molecular formula is C14H13ClN2O2S. The molecule has 1 saturated heterocycles. The first-order chi connectivity index (χ1) is 9.72. The molecule has 1 amide bonds. The molecule has 2 heterocycles. The number of hydrogen-bond donors (Lipinski definition) is 0. The largest absolute Gasteiger partial charge is 0.488 e. The zero-order chi connectivity index (χ0) is 13.9. The maximum Gasteiger partial charge on any atom is 0.273 e. The maximum absolute atomic E-state index is 12.2. The summed E-state index contributed by atoms with van der Waals surface area (Å²) >= 11 is 7.35. The minimum atomic E-state index is -0.0246. The molecule has 0 bridgehead atoms. The average molecular weight is 309 g/mol. The van der Waals surface area contributed by atoms with Crippen molar-refractivity contribution in [1.82, 2.24) is 9.88 Å². The molecule has 1 aromatic carbocycles. The second kappa shape index (κ2) is 5.81. The minimum Gasteiger partial charge on any atom is -0.488 e. The van der Waals surface area contributed by atoms with Crippen LogP contribution in [0.25, 0.3) is 0 Å². The number of carbonyl (C=O) groups is 1. The normalized spacial score (nSPS) is 18.2. The van der Waals surface area contributed by atoms with Gasteiger partial charge in [-0.2, -0.15) is 0 Å². The Morgan fingerprint density at radius 2 is 2.40 bits per heavy atom. The molecule has 0 aliphatic carbocycles. The Hall–Kier alpha value is -1.59. The summed E-state index contributed by atoms with van der Waals surface area (Å²) in [7, 11) is 0. The Kier molecular flexibility index (Phi) is 3.89. The highest BCUT2D eigenvalue weighted by molar-refractivity contribution is 7.07. The van der Waals surface area contributed by atoms with E-state index in [1.807, 2.05) is 12.1 Å². The van der Waals surface area contributed by atoms with Crippen LogP contribution < -0.4 is 4.74 Å². The number of thiazole rings is 1. The predicted molar refractivity (Wildman–Crippen MR) is 78.5 cm³/mol. The summed E-state index contributed by atoms with van der Waals surface area (Å²) < 4.78 is 5.86. The van der Waals surface area contributed by atoms with Crippen molar-refractivity contribution in [3.05, 3.63) is 45.9 Å². The molecule has 1 fully saturated rings. The maximum atomic E-state index is 12.2. The summed E-state index contributed by atoms with van der Waals surface area (Å²) in [5, 5.41) is 2.42. The van der Waals surface area contributed by atoms with Gasteiger partial charge in [0.2, 0.25) is 0 Å². The van der Waals surface area contributed by atoms with Gasteiger partial charge in [-0.15, -0.1) is 11.3 Å². The molecule has 0 N–H and O–H groups in total. The fourth-order valence-electron chi connectivity index (χ4n) is 2.22. The van der Waals surface area contributed by atoms with Crippen LogP contribution in [0, 0.1) is 0 Å². The summed E-state index contributed by atoms with van der Waals surface area (Å²) in [6, 6.07) is 7.31. The van der Waals surface area contributed by atoms with E-state index in [0.717, 1.165) is 12.2 Å². The van der Waals surface area contributed by atoms with E-state index in [2.05, 4.69) is 4.98 Å². The quantitative estimate of drug-likeness (QED) is 0.875. The Labute approximate surface area is 126 Å². The van der Waals surface area contributed by atoms with Crippen molar-refractivity contribution in [2.24, 2.45) is 0 Å². The number of hydrogen-bond acceptors (Lipinski definition) is 4. The fraction of sp³-hybridized carbons (Fsp3) is 0.286. The zero-order valence-corrected chi connectivity index (χ0v) is 12.2.